The summed E-state index contributed by atoms with van der Waals surface area (Å²) in [5.74, 6) is 8.20. The van der Waals surface area contributed by atoms with Gasteiger partial charge in [0, 0.05) is 30.2 Å². The Labute approximate surface area is 110 Å². The number of nitrogen functional groups attached to an aromatic ring is 1. The Kier molecular flexibility index (Phi) is 4.36. The van der Waals surface area contributed by atoms with Gasteiger partial charge in [-0.1, -0.05) is 18.7 Å². The van der Waals surface area contributed by atoms with Crippen molar-refractivity contribution in [2.75, 3.05) is 35.4 Å². The number of rotatable bonds is 3. The Bertz CT molecular complexity index is 365. The van der Waals surface area contributed by atoms with Crippen LogP contribution in [0.25, 0.3) is 0 Å². The summed E-state index contributed by atoms with van der Waals surface area (Å²) >= 11 is 3.53. The van der Waals surface area contributed by atoms with Gasteiger partial charge in [0.2, 0.25) is 0 Å². The molecule has 2 rings (SSSR count). The Morgan fingerprint density at radius 3 is 3.06 bits per heavy atom. The number of nitrogens with zero attached hydrogens (tertiary/aromatic N) is 3. The molecule has 0 aromatic carbocycles. The maximum atomic E-state index is 5.43. The molecule has 0 amide bonds. The Hall–Kier alpha value is -0.660. The molecule has 7 heteroatoms. The number of hydrazine groups is 1. The first-order valence-corrected chi connectivity index (χ1v) is 7.76. The third-order valence-corrected chi connectivity index (χ3v) is 4.27. The first-order chi connectivity index (χ1) is 8.22. The lowest BCUT2D eigenvalue weighted by atomic mass is 10.3. The average molecular weight is 271 g/mol. The molecule has 1 atom stereocenters. The number of thioether (sulfide) groups is 2. The molecular formula is C10H17N5S2. The number of nitrogens with two attached hydrogens (primary N) is 1. The molecule has 1 aromatic rings. The van der Waals surface area contributed by atoms with Gasteiger partial charge < -0.3 is 10.3 Å². The van der Waals surface area contributed by atoms with E-state index in [0.29, 0.717) is 11.1 Å². The molecule has 94 valence electrons. The van der Waals surface area contributed by atoms with Gasteiger partial charge >= 0.3 is 0 Å². The van der Waals surface area contributed by atoms with E-state index in [1.165, 1.54) is 11.8 Å². The standard InChI is InChI=1S/C10H17N5S2/c1-7-6-15(3-4-17-7)9-5-8(14-11)12-10(13-9)16-2/h5,7H,3-4,6,11H2,1-2H3,(H,12,13,14). The van der Waals surface area contributed by atoms with Gasteiger partial charge in [-0.05, 0) is 6.26 Å². The first-order valence-electron chi connectivity index (χ1n) is 5.49. The summed E-state index contributed by atoms with van der Waals surface area (Å²) in [6.07, 6.45) is 1.97. The van der Waals surface area contributed by atoms with Crippen molar-refractivity contribution in [2.45, 2.75) is 17.3 Å². The second-order valence-corrected chi connectivity index (χ2v) is 6.19. The van der Waals surface area contributed by atoms with E-state index in [2.05, 4.69) is 27.2 Å². The van der Waals surface area contributed by atoms with Crippen molar-refractivity contribution in [1.82, 2.24) is 9.97 Å². The van der Waals surface area contributed by atoms with Crippen molar-refractivity contribution in [2.24, 2.45) is 5.84 Å². The highest BCUT2D eigenvalue weighted by Crippen LogP contribution is 2.25. The summed E-state index contributed by atoms with van der Waals surface area (Å²) in [6.45, 7) is 4.30. The van der Waals surface area contributed by atoms with E-state index in [0.717, 1.165) is 29.8 Å². The quantitative estimate of drug-likeness (QED) is 0.373. The summed E-state index contributed by atoms with van der Waals surface area (Å²) in [5.41, 5.74) is 2.60. The number of hydrogen-bond acceptors (Lipinski definition) is 7. The predicted octanol–water partition coefficient (Wildman–Crippen LogP) is 1.43. The molecule has 1 saturated heterocycles. The number of anilines is 2. The lowest BCUT2D eigenvalue weighted by molar-refractivity contribution is 0.758. The highest BCUT2D eigenvalue weighted by atomic mass is 32.2. The third-order valence-electron chi connectivity index (χ3n) is 2.59. The Balaban J connectivity index is 2.23. The summed E-state index contributed by atoms with van der Waals surface area (Å²) < 4.78 is 0. The van der Waals surface area contributed by atoms with Crippen molar-refractivity contribution in [3.05, 3.63) is 6.07 Å². The third kappa shape index (κ3) is 3.17. The summed E-state index contributed by atoms with van der Waals surface area (Å²) in [6, 6.07) is 1.91. The van der Waals surface area contributed by atoms with Crippen molar-refractivity contribution < 1.29 is 0 Å². The zero-order chi connectivity index (χ0) is 12.3. The second-order valence-electron chi connectivity index (χ2n) is 3.87. The molecule has 0 radical (unpaired) electrons. The van der Waals surface area contributed by atoms with Crippen LogP contribution in [0.15, 0.2) is 11.2 Å². The molecule has 1 aliphatic rings. The van der Waals surface area contributed by atoms with Gasteiger partial charge in [-0.3, -0.25) is 0 Å². The van der Waals surface area contributed by atoms with Crippen LogP contribution in [0.4, 0.5) is 11.6 Å². The van der Waals surface area contributed by atoms with E-state index in [1.807, 2.05) is 24.1 Å². The molecular weight excluding hydrogens is 254 g/mol. The maximum Gasteiger partial charge on any atom is 0.191 e. The van der Waals surface area contributed by atoms with E-state index in [1.54, 1.807) is 0 Å². The van der Waals surface area contributed by atoms with Gasteiger partial charge in [0.15, 0.2) is 5.16 Å². The molecule has 0 saturated carbocycles. The van der Waals surface area contributed by atoms with Gasteiger partial charge in [-0.25, -0.2) is 15.8 Å². The highest BCUT2D eigenvalue weighted by Gasteiger charge is 2.19. The van der Waals surface area contributed by atoms with E-state index < -0.39 is 0 Å². The van der Waals surface area contributed by atoms with Crippen LogP contribution < -0.4 is 16.2 Å². The van der Waals surface area contributed by atoms with E-state index in [-0.39, 0.29) is 0 Å². The molecule has 2 heterocycles. The largest absolute Gasteiger partial charge is 0.354 e. The highest BCUT2D eigenvalue weighted by molar-refractivity contribution is 8.00. The SMILES string of the molecule is CSc1nc(NN)cc(N2CCSC(C)C2)n1. The fourth-order valence-corrected chi connectivity index (χ4v) is 3.15. The predicted molar refractivity (Wildman–Crippen MR) is 75.8 cm³/mol. The van der Waals surface area contributed by atoms with Crippen molar-refractivity contribution in [3.63, 3.8) is 0 Å². The fraction of sp³-hybridized carbons (Fsp3) is 0.600. The molecule has 17 heavy (non-hydrogen) atoms. The van der Waals surface area contributed by atoms with Crippen molar-refractivity contribution in [3.8, 4) is 0 Å². The minimum absolute atomic E-state index is 0.644. The second kappa shape index (κ2) is 5.79. The molecule has 0 bridgehead atoms. The van der Waals surface area contributed by atoms with Crippen LogP contribution in [0.3, 0.4) is 0 Å². The molecule has 1 aromatic heterocycles. The van der Waals surface area contributed by atoms with Crippen LogP contribution in [0.2, 0.25) is 0 Å². The van der Waals surface area contributed by atoms with Crippen LogP contribution in [0, 0.1) is 0 Å². The van der Waals surface area contributed by atoms with Crippen molar-refractivity contribution >= 4 is 35.2 Å². The molecule has 0 aliphatic carbocycles. The van der Waals surface area contributed by atoms with E-state index >= 15 is 0 Å². The summed E-state index contributed by atoms with van der Waals surface area (Å²) in [7, 11) is 0. The van der Waals surface area contributed by atoms with Crippen LogP contribution >= 0.6 is 23.5 Å². The number of nitrogens with one attached hydrogen (secondary N) is 1. The zero-order valence-electron chi connectivity index (χ0n) is 10.0. The van der Waals surface area contributed by atoms with Gasteiger partial charge in [0.05, 0.1) is 0 Å². The lowest BCUT2D eigenvalue weighted by Crippen LogP contribution is -2.37. The van der Waals surface area contributed by atoms with Crippen molar-refractivity contribution in [1.29, 1.82) is 0 Å². The van der Waals surface area contributed by atoms with Gasteiger partial charge in [-0.15, -0.1) is 0 Å². The molecule has 1 fully saturated rings. The number of aromatic nitrogens is 2. The smallest absolute Gasteiger partial charge is 0.191 e. The van der Waals surface area contributed by atoms with Gasteiger partial charge in [-0.2, -0.15) is 11.8 Å². The summed E-state index contributed by atoms with van der Waals surface area (Å²) in [5, 5.41) is 1.40. The van der Waals surface area contributed by atoms with Gasteiger partial charge in [0.25, 0.3) is 0 Å². The lowest BCUT2D eigenvalue weighted by Gasteiger charge is -2.31. The fourth-order valence-electron chi connectivity index (χ4n) is 1.77. The van der Waals surface area contributed by atoms with Crippen LogP contribution in [-0.2, 0) is 0 Å². The van der Waals surface area contributed by atoms with Crippen LogP contribution in [-0.4, -0.2) is 40.3 Å². The topological polar surface area (TPSA) is 67.1 Å². The zero-order valence-corrected chi connectivity index (χ0v) is 11.6. The number of hydrogen-bond donors (Lipinski definition) is 2. The normalized spacial score (nSPS) is 20.4. The maximum absolute atomic E-state index is 5.43. The minimum atomic E-state index is 0.644. The molecule has 3 N–H and O–H groups in total. The van der Waals surface area contributed by atoms with Crippen LogP contribution in [0.5, 0.6) is 0 Å². The summed E-state index contributed by atoms with van der Waals surface area (Å²) in [4.78, 5) is 11.1. The minimum Gasteiger partial charge on any atom is -0.354 e. The first kappa shape index (κ1) is 12.8. The molecule has 5 nitrogen and oxygen atoms in total. The van der Waals surface area contributed by atoms with E-state index in [9.17, 15) is 0 Å². The Morgan fingerprint density at radius 2 is 2.41 bits per heavy atom. The monoisotopic (exact) mass is 271 g/mol. The molecule has 1 aliphatic heterocycles. The average Bonchev–Trinajstić information content (AvgIpc) is 2.38. The van der Waals surface area contributed by atoms with Crippen LogP contribution in [0.1, 0.15) is 6.92 Å². The molecule has 1 unspecified atom stereocenters. The Morgan fingerprint density at radius 1 is 1.59 bits per heavy atom. The molecule has 0 spiro atoms. The van der Waals surface area contributed by atoms with Gasteiger partial charge in [0.1, 0.15) is 11.6 Å². The van der Waals surface area contributed by atoms with E-state index in [4.69, 9.17) is 5.84 Å².